The summed E-state index contributed by atoms with van der Waals surface area (Å²) < 4.78 is 23.1. The summed E-state index contributed by atoms with van der Waals surface area (Å²) in [6, 6.07) is 4.34. The summed E-state index contributed by atoms with van der Waals surface area (Å²) in [5.41, 5.74) is 0.621. The van der Waals surface area contributed by atoms with E-state index in [2.05, 4.69) is 20.2 Å². The number of esters is 1. The molecule has 20 heavy (non-hydrogen) atoms. The first-order chi connectivity index (χ1) is 9.60. The third-order valence-corrected chi connectivity index (χ3v) is 2.61. The van der Waals surface area contributed by atoms with Crippen LogP contribution in [0, 0.1) is 12.7 Å². The van der Waals surface area contributed by atoms with Gasteiger partial charge in [0.2, 0.25) is 5.89 Å². The number of methoxy groups -OCH3 is 1. The lowest BCUT2D eigenvalue weighted by Gasteiger charge is -2.05. The van der Waals surface area contributed by atoms with Gasteiger partial charge in [-0.3, -0.25) is 0 Å². The van der Waals surface area contributed by atoms with Crippen LogP contribution in [0.5, 0.6) is 0 Å². The van der Waals surface area contributed by atoms with E-state index >= 15 is 0 Å². The molecule has 0 aliphatic carbocycles. The van der Waals surface area contributed by atoms with Crippen molar-refractivity contribution >= 4 is 5.97 Å². The molecule has 0 saturated carbocycles. The summed E-state index contributed by atoms with van der Waals surface area (Å²) in [5, 5.41) is 6.70. The van der Waals surface area contributed by atoms with Crippen molar-refractivity contribution in [2.75, 3.05) is 7.11 Å². The molecule has 0 amide bonds. The number of carbonyl (C=O) groups is 1. The highest BCUT2D eigenvalue weighted by Crippen LogP contribution is 2.11. The van der Waals surface area contributed by atoms with Gasteiger partial charge in [-0.05, 0) is 24.6 Å². The summed E-state index contributed by atoms with van der Waals surface area (Å²) in [6.45, 7) is 2.54. The first-order valence-electron chi connectivity index (χ1n) is 5.97. The van der Waals surface area contributed by atoms with Crippen molar-refractivity contribution in [1.82, 2.24) is 15.5 Å². The zero-order valence-electron chi connectivity index (χ0n) is 11.1. The van der Waals surface area contributed by atoms with Gasteiger partial charge in [-0.15, -0.1) is 0 Å². The Morgan fingerprint density at radius 1 is 1.45 bits per heavy atom. The van der Waals surface area contributed by atoms with Crippen LogP contribution >= 0.6 is 0 Å². The minimum Gasteiger partial charge on any atom is -0.465 e. The zero-order chi connectivity index (χ0) is 14.5. The fourth-order valence-corrected chi connectivity index (χ4v) is 1.67. The van der Waals surface area contributed by atoms with Crippen molar-refractivity contribution in [2.45, 2.75) is 20.0 Å². The molecule has 7 heteroatoms. The topological polar surface area (TPSA) is 77.2 Å². The normalized spacial score (nSPS) is 10.6. The van der Waals surface area contributed by atoms with Crippen LogP contribution in [0.2, 0.25) is 0 Å². The SMILES string of the molecule is COC(=O)c1ccc(CNCc2nc(C)no2)cc1F. The molecule has 0 aliphatic rings. The predicted molar refractivity (Wildman–Crippen MR) is 67.3 cm³/mol. The number of carbonyl (C=O) groups excluding carboxylic acids is 1. The molecule has 0 unspecified atom stereocenters. The van der Waals surface area contributed by atoms with Crippen LogP contribution in [-0.4, -0.2) is 23.2 Å². The standard InChI is InChI=1S/C13H14FN3O3/c1-8-16-12(20-17-8)7-15-6-9-3-4-10(11(14)5-9)13(18)19-2/h3-5,15H,6-7H2,1-2H3. The lowest BCUT2D eigenvalue weighted by Crippen LogP contribution is -2.13. The lowest BCUT2D eigenvalue weighted by atomic mass is 10.1. The van der Waals surface area contributed by atoms with Gasteiger partial charge in [-0.1, -0.05) is 11.2 Å². The van der Waals surface area contributed by atoms with Gasteiger partial charge in [-0.2, -0.15) is 4.98 Å². The van der Waals surface area contributed by atoms with Crippen LogP contribution in [-0.2, 0) is 17.8 Å². The number of nitrogens with zero attached hydrogens (tertiary/aromatic N) is 2. The monoisotopic (exact) mass is 279 g/mol. The number of hydrogen-bond acceptors (Lipinski definition) is 6. The Kier molecular flexibility index (Phi) is 4.41. The molecule has 2 aromatic rings. The van der Waals surface area contributed by atoms with E-state index < -0.39 is 11.8 Å². The van der Waals surface area contributed by atoms with Crippen LogP contribution in [0.1, 0.15) is 27.6 Å². The Hall–Kier alpha value is -2.28. The van der Waals surface area contributed by atoms with Gasteiger partial charge in [0.1, 0.15) is 5.82 Å². The maximum absolute atomic E-state index is 13.7. The summed E-state index contributed by atoms with van der Waals surface area (Å²) in [4.78, 5) is 15.3. The number of hydrogen-bond donors (Lipinski definition) is 1. The Labute approximate surface area is 114 Å². The van der Waals surface area contributed by atoms with E-state index in [-0.39, 0.29) is 5.56 Å². The molecule has 0 aliphatic heterocycles. The van der Waals surface area contributed by atoms with E-state index in [1.165, 1.54) is 19.2 Å². The highest BCUT2D eigenvalue weighted by atomic mass is 19.1. The third-order valence-electron chi connectivity index (χ3n) is 2.61. The highest BCUT2D eigenvalue weighted by Gasteiger charge is 2.12. The molecular formula is C13H14FN3O3. The van der Waals surface area contributed by atoms with Crippen molar-refractivity contribution in [1.29, 1.82) is 0 Å². The highest BCUT2D eigenvalue weighted by molar-refractivity contribution is 5.89. The maximum atomic E-state index is 13.7. The first-order valence-corrected chi connectivity index (χ1v) is 5.97. The summed E-state index contributed by atoms with van der Waals surface area (Å²) in [7, 11) is 1.21. The van der Waals surface area contributed by atoms with Gasteiger partial charge < -0.3 is 14.6 Å². The molecule has 106 valence electrons. The molecule has 0 radical (unpaired) electrons. The minimum atomic E-state index is -0.691. The van der Waals surface area contributed by atoms with Crippen molar-refractivity contribution in [3.63, 3.8) is 0 Å². The number of rotatable bonds is 5. The Morgan fingerprint density at radius 3 is 2.85 bits per heavy atom. The van der Waals surface area contributed by atoms with Crippen LogP contribution in [0.4, 0.5) is 4.39 Å². The van der Waals surface area contributed by atoms with Crippen molar-refractivity contribution in [3.8, 4) is 0 Å². The molecule has 6 nitrogen and oxygen atoms in total. The molecule has 0 fully saturated rings. The Bertz CT molecular complexity index is 613. The summed E-state index contributed by atoms with van der Waals surface area (Å²) >= 11 is 0. The third kappa shape index (κ3) is 3.39. The largest absolute Gasteiger partial charge is 0.465 e. The summed E-state index contributed by atoms with van der Waals surface area (Å²) in [5.74, 6) is -0.266. The Morgan fingerprint density at radius 2 is 2.25 bits per heavy atom. The predicted octanol–water partition coefficient (Wildman–Crippen LogP) is 1.59. The number of aromatic nitrogens is 2. The number of aryl methyl sites for hydroxylation is 1. The van der Waals surface area contributed by atoms with Gasteiger partial charge >= 0.3 is 5.97 Å². The smallest absolute Gasteiger partial charge is 0.340 e. The van der Waals surface area contributed by atoms with Gasteiger partial charge in [0.05, 0.1) is 19.2 Å². The van der Waals surface area contributed by atoms with E-state index in [1.54, 1.807) is 13.0 Å². The van der Waals surface area contributed by atoms with Crippen LogP contribution in [0.3, 0.4) is 0 Å². The quantitative estimate of drug-likeness (QED) is 0.838. The minimum absolute atomic E-state index is 0.0798. The van der Waals surface area contributed by atoms with Crippen LogP contribution < -0.4 is 5.32 Å². The molecular weight excluding hydrogens is 265 g/mol. The molecule has 1 aromatic heterocycles. The van der Waals surface area contributed by atoms with Crippen molar-refractivity contribution in [3.05, 3.63) is 46.9 Å². The number of nitrogens with one attached hydrogen (secondary N) is 1. The molecule has 2 rings (SSSR count). The molecule has 1 heterocycles. The average molecular weight is 279 g/mol. The summed E-state index contributed by atoms with van der Waals surface area (Å²) in [6.07, 6.45) is 0. The van der Waals surface area contributed by atoms with Crippen molar-refractivity contribution < 1.29 is 18.4 Å². The average Bonchev–Trinajstić information content (AvgIpc) is 2.84. The number of ether oxygens (including phenoxy) is 1. The maximum Gasteiger partial charge on any atom is 0.340 e. The molecule has 0 bridgehead atoms. The molecule has 0 atom stereocenters. The van der Waals surface area contributed by atoms with Crippen LogP contribution in [0.15, 0.2) is 22.7 Å². The van der Waals surface area contributed by atoms with Gasteiger partial charge in [0.25, 0.3) is 0 Å². The fourth-order valence-electron chi connectivity index (χ4n) is 1.67. The lowest BCUT2D eigenvalue weighted by molar-refractivity contribution is 0.0595. The van der Waals surface area contributed by atoms with Gasteiger partial charge in [-0.25, -0.2) is 9.18 Å². The number of halogens is 1. The second-order valence-electron chi connectivity index (χ2n) is 4.14. The second kappa shape index (κ2) is 6.25. The van der Waals surface area contributed by atoms with E-state index in [0.29, 0.717) is 30.4 Å². The molecule has 0 spiro atoms. The molecule has 1 aromatic carbocycles. The van der Waals surface area contributed by atoms with Crippen molar-refractivity contribution in [2.24, 2.45) is 0 Å². The zero-order valence-corrected chi connectivity index (χ0v) is 11.1. The van der Waals surface area contributed by atoms with Crippen LogP contribution in [0.25, 0.3) is 0 Å². The van der Waals surface area contributed by atoms with E-state index in [4.69, 9.17) is 4.52 Å². The number of benzene rings is 1. The van der Waals surface area contributed by atoms with E-state index in [1.807, 2.05) is 0 Å². The molecule has 0 saturated heterocycles. The van der Waals surface area contributed by atoms with Gasteiger partial charge in [0, 0.05) is 6.54 Å². The fraction of sp³-hybridized carbons (Fsp3) is 0.308. The first kappa shape index (κ1) is 14.1. The van der Waals surface area contributed by atoms with Gasteiger partial charge in [0.15, 0.2) is 5.82 Å². The second-order valence-corrected chi connectivity index (χ2v) is 4.14. The molecule has 1 N–H and O–H groups in total. The van der Waals surface area contributed by atoms with E-state index in [0.717, 1.165) is 0 Å². The van der Waals surface area contributed by atoms with E-state index in [9.17, 15) is 9.18 Å². The Balaban J connectivity index is 1.93.